The van der Waals surface area contributed by atoms with Crippen molar-refractivity contribution in [2.24, 2.45) is 0 Å². The Bertz CT molecular complexity index is 470. The number of aromatic nitrogens is 1. The first-order valence-electron chi connectivity index (χ1n) is 6.54. The molecule has 5 nitrogen and oxygen atoms in total. The van der Waals surface area contributed by atoms with E-state index in [4.69, 9.17) is 4.74 Å². The first kappa shape index (κ1) is 14.3. The monoisotopic (exact) mass is 284 g/mol. The second-order valence-electron chi connectivity index (χ2n) is 5.34. The molecule has 106 valence electrons. The number of thiazole rings is 1. The van der Waals surface area contributed by atoms with Gasteiger partial charge < -0.3 is 14.7 Å². The third kappa shape index (κ3) is 2.90. The highest BCUT2D eigenvalue weighted by molar-refractivity contribution is 7.17. The largest absolute Gasteiger partial charge is 0.477 e. The molecule has 0 bridgehead atoms. The number of carboxylic acids is 1. The van der Waals surface area contributed by atoms with Gasteiger partial charge >= 0.3 is 5.97 Å². The lowest BCUT2D eigenvalue weighted by atomic mass is 10.0. The predicted molar refractivity (Wildman–Crippen MR) is 75.3 cm³/mol. The molecular weight excluding hydrogens is 264 g/mol. The van der Waals surface area contributed by atoms with Gasteiger partial charge in [-0.2, -0.15) is 0 Å². The summed E-state index contributed by atoms with van der Waals surface area (Å²) in [5, 5.41) is 10.1. The molecule has 0 unspecified atom stereocenters. The van der Waals surface area contributed by atoms with Crippen LogP contribution >= 0.6 is 11.3 Å². The molecule has 1 N–H and O–H groups in total. The smallest absolute Gasteiger partial charge is 0.347 e. The zero-order chi connectivity index (χ0) is 14.0. The average molecular weight is 284 g/mol. The van der Waals surface area contributed by atoms with E-state index in [1.165, 1.54) is 11.3 Å². The van der Waals surface area contributed by atoms with Gasteiger partial charge in [0.2, 0.25) is 0 Å². The molecule has 1 aromatic rings. The van der Waals surface area contributed by atoms with Crippen LogP contribution in [0.2, 0.25) is 0 Å². The lowest BCUT2D eigenvalue weighted by molar-refractivity contribution is 0.0643. The summed E-state index contributed by atoms with van der Waals surface area (Å²) < 4.78 is 5.49. The number of aromatic carboxylic acids is 1. The molecular formula is C13H20N2O3S. The fourth-order valence-electron chi connectivity index (χ4n) is 2.24. The number of carbonyl (C=O) groups is 1. The normalized spacial score (nSPS) is 18.6. The molecule has 1 aliphatic rings. The highest BCUT2D eigenvalue weighted by Gasteiger charge is 2.33. The molecule has 0 atom stereocenters. The van der Waals surface area contributed by atoms with Crippen molar-refractivity contribution < 1.29 is 14.6 Å². The standard InChI is InChI=1S/C13H20N2O3S/c1-4-5-9-10(11(16)17)19-12(14-9)15-6-7-18-8-13(15,2)3/h4-8H2,1-3H3,(H,16,17). The molecule has 0 aliphatic carbocycles. The van der Waals surface area contributed by atoms with E-state index in [0.717, 1.165) is 18.1 Å². The second-order valence-corrected chi connectivity index (χ2v) is 6.32. The van der Waals surface area contributed by atoms with Crippen LogP contribution in [0.1, 0.15) is 42.6 Å². The van der Waals surface area contributed by atoms with Gasteiger partial charge in [0.15, 0.2) is 5.13 Å². The average Bonchev–Trinajstić information content (AvgIpc) is 2.73. The topological polar surface area (TPSA) is 62.7 Å². The Hall–Kier alpha value is -1.14. The van der Waals surface area contributed by atoms with E-state index in [1.807, 2.05) is 6.92 Å². The third-order valence-electron chi connectivity index (χ3n) is 3.24. The van der Waals surface area contributed by atoms with Gasteiger partial charge in [-0.05, 0) is 20.3 Å². The fraction of sp³-hybridized carbons (Fsp3) is 0.692. The van der Waals surface area contributed by atoms with E-state index in [0.29, 0.717) is 30.2 Å². The third-order valence-corrected chi connectivity index (χ3v) is 4.35. The van der Waals surface area contributed by atoms with Crippen molar-refractivity contribution in [1.29, 1.82) is 0 Å². The van der Waals surface area contributed by atoms with Crippen LogP contribution in [0.15, 0.2) is 0 Å². The lowest BCUT2D eigenvalue weighted by Gasteiger charge is -2.42. The van der Waals surface area contributed by atoms with Crippen LogP contribution in [0.25, 0.3) is 0 Å². The Morgan fingerprint density at radius 1 is 1.58 bits per heavy atom. The van der Waals surface area contributed by atoms with Crippen molar-refractivity contribution in [1.82, 2.24) is 4.98 Å². The molecule has 0 amide bonds. The molecule has 0 aromatic carbocycles. The number of hydrogen-bond donors (Lipinski definition) is 1. The summed E-state index contributed by atoms with van der Waals surface area (Å²) in [7, 11) is 0. The number of nitrogens with zero attached hydrogens (tertiary/aromatic N) is 2. The minimum absolute atomic E-state index is 0.143. The summed E-state index contributed by atoms with van der Waals surface area (Å²) in [6.45, 7) is 8.27. The molecule has 2 rings (SSSR count). The number of aryl methyl sites for hydroxylation is 1. The zero-order valence-electron chi connectivity index (χ0n) is 11.6. The highest BCUT2D eigenvalue weighted by atomic mass is 32.1. The summed E-state index contributed by atoms with van der Waals surface area (Å²) in [5.74, 6) is -0.877. The van der Waals surface area contributed by atoms with Crippen molar-refractivity contribution in [3.05, 3.63) is 10.6 Å². The van der Waals surface area contributed by atoms with E-state index in [-0.39, 0.29) is 5.54 Å². The van der Waals surface area contributed by atoms with Crippen LogP contribution in [0.5, 0.6) is 0 Å². The number of morpholine rings is 1. The number of hydrogen-bond acceptors (Lipinski definition) is 5. The van der Waals surface area contributed by atoms with E-state index in [1.54, 1.807) is 0 Å². The minimum Gasteiger partial charge on any atom is -0.477 e. The van der Waals surface area contributed by atoms with Crippen molar-refractivity contribution >= 4 is 22.4 Å². The number of carboxylic acid groups (broad SMARTS) is 1. The second kappa shape index (κ2) is 5.46. The van der Waals surface area contributed by atoms with Gasteiger partial charge in [-0.3, -0.25) is 0 Å². The predicted octanol–water partition coefficient (Wildman–Crippen LogP) is 2.41. The Morgan fingerprint density at radius 3 is 2.89 bits per heavy atom. The lowest BCUT2D eigenvalue weighted by Crippen LogP contribution is -2.53. The van der Waals surface area contributed by atoms with Crippen LogP contribution in [-0.4, -0.2) is 41.4 Å². The van der Waals surface area contributed by atoms with Gasteiger partial charge in [-0.25, -0.2) is 9.78 Å². The first-order chi connectivity index (χ1) is 8.95. The highest BCUT2D eigenvalue weighted by Crippen LogP contribution is 2.33. The SMILES string of the molecule is CCCc1nc(N2CCOCC2(C)C)sc1C(=O)O. The van der Waals surface area contributed by atoms with Crippen LogP contribution in [0.3, 0.4) is 0 Å². The molecule has 6 heteroatoms. The fourth-order valence-corrected chi connectivity index (χ4v) is 3.38. The van der Waals surface area contributed by atoms with Crippen LogP contribution < -0.4 is 4.90 Å². The molecule has 1 saturated heterocycles. The van der Waals surface area contributed by atoms with Crippen LogP contribution in [0, 0.1) is 0 Å². The van der Waals surface area contributed by atoms with E-state index in [9.17, 15) is 9.90 Å². The van der Waals surface area contributed by atoms with Gasteiger partial charge in [-0.1, -0.05) is 24.7 Å². The Morgan fingerprint density at radius 2 is 2.32 bits per heavy atom. The zero-order valence-corrected chi connectivity index (χ0v) is 12.4. The molecule has 1 fully saturated rings. The molecule has 2 heterocycles. The summed E-state index contributed by atoms with van der Waals surface area (Å²) in [5.41, 5.74) is 0.562. The minimum atomic E-state index is -0.877. The number of anilines is 1. The van der Waals surface area contributed by atoms with Gasteiger partial charge in [-0.15, -0.1) is 0 Å². The van der Waals surface area contributed by atoms with Gasteiger partial charge in [0, 0.05) is 6.54 Å². The summed E-state index contributed by atoms with van der Waals surface area (Å²) in [6, 6.07) is 0. The van der Waals surface area contributed by atoms with Crippen molar-refractivity contribution in [3.8, 4) is 0 Å². The summed E-state index contributed by atoms with van der Waals surface area (Å²) in [4.78, 5) is 18.4. The maximum atomic E-state index is 11.3. The van der Waals surface area contributed by atoms with E-state index < -0.39 is 5.97 Å². The van der Waals surface area contributed by atoms with Crippen molar-refractivity contribution in [2.45, 2.75) is 39.2 Å². The molecule has 1 aromatic heterocycles. The first-order valence-corrected chi connectivity index (χ1v) is 7.35. The quantitative estimate of drug-likeness (QED) is 0.920. The Labute approximate surface area is 117 Å². The molecule has 0 spiro atoms. The van der Waals surface area contributed by atoms with Crippen LogP contribution in [0.4, 0.5) is 5.13 Å². The van der Waals surface area contributed by atoms with Gasteiger partial charge in [0.1, 0.15) is 4.88 Å². The molecule has 1 aliphatic heterocycles. The van der Waals surface area contributed by atoms with Crippen molar-refractivity contribution in [3.63, 3.8) is 0 Å². The van der Waals surface area contributed by atoms with E-state index >= 15 is 0 Å². The van der Waals surface area contributed by atoms with Gasteiger partial charge in [0.05, 0.1) is 24.4 Å². The number of ether oxygens (including phenoxy) is 1. The van der Waals surface area contributed by atoms with E-state index in [2.05, 4.69) is 23.7 Å². The summed E-state index contributed by atoms with van der Waals surface area (Å²) in [6.07, 6.45) is 1.61. The Balaban J connectivity index is 2.34. The maximum Gasteiger partial charge on any atom is 0.347 e. The maximum absolute atomic E-state index is 11.3. The van der Waals surface area contributed by atoms with Gasteiger partial charge in [0.25, 0.3) is 0 Å². The summed E-state index contributed by atoms with van der Waals surface area (Å²) >= 11 is 1.28. The number of rotatable bonds is 4. The van der Waals surface area contributed by atoms with Crippen LogP contribution in [-0.2, 0) is 11.2 Å². The molecule has 0 saturated carbocycles. The Kier molecular flexibility index (Phi) is 4.10. The molecule has 19 heavy (non-hydrogen) atoms. The van der Waals surface area contributed by atoms with Crippen molar-refractivity contribution in [2.75, 3.05) is 24.7 Å². The molecule has 0 radical (unpaired) electrons.